The van der Waals surface area contributed by atoms with Crippen molar-refractivity contribution in [3.05, 3.63) is 0 Å². The number of carboxylic acids is 1. The molecule has 0 aromatic rings. The molecule has 8 heteroatoms. The number of amides is 3. The van der Waals surface area contributed by atoms with Crippen molar-refractivity contribution in [3.63, 3.8) is 0 Å². The standard InChI is InChI=1S/C13H23N3O4S/c1-7(2)5-14-11(17)8(3)15-13(20)16-9(4)21-6-10(16)12(18)19/h7-10H,5-6H2,1-4H3,(H,14,17)(H,15,20)(H,18,19). The van der Waals surface area contributed by atoms with Crippen LogP contribution in [0.15, 0.2) is 0 Å². The Bertz CT molecular complexity index is 416. The highest BCUT2D eigenvalue weighted by atomic mass is 32.2. The van der Waals surface area contributed by atoms with Gasteiger partial charge in [-0.3, -0.25) is 9.69 Å². The number of rotatable bonds is 5. The monoisotopic (exact) mass is 317 g/mol. The van der Waals surface area contributed by atoms with Crippen LogP contribution in [0.25, 0.3) is 0 Å². The van der Waals surface area contributed by atoms with E-state index in [-0.39, 0.29) is 11.3 Å². The molecule has 0 saturated carbocycles. The summed E-state index contributed by atoms with van der Waals surface area (Å²) in [5, 5.41) is 14.2. The van der Waals surface area contributed by atoms with Gasteiger partial charge in [0.25, 0.3) is 0 Å². The Kier molecular flexibility index (Phi) is 6.32. The first kappa shape index (κ1) is 17.6. The summed E-state index contributed by atoms with van der Waals surface area (Å²) in [6, 6.07) is -2.08. The number of hydrogen-bond donors (Lipinski definition) is 3. The van der Waals surface area contributed by atoms with Crippen molar-refractivity contribution in [2.75, 3.05) is 12.3 Å². The van der Waals surface area contributed by atoms with Crippen LogP contribution in [0.5, 0.6) is 0 Å². The van der Waals surface area contributed by atoms with Crippen molar-refractivity contribution < 1.29 is 19.5 Å². The van der Waals surface area contributed by atoms with Crippen molar-refractivity contribution in [2.24, 2.45) is 5.92 Å². The minimum absolute atomic E-state index is 0.225. The third-order valence-corrected chi connectivity index (χ3v) is 4.38. The summed E-state index contributed by atoms with van der Waals surface area (Å²) in [5.41, 5.74) is 0. The highest BCUT2D eigenvalue weighted by Crippen LogP contribution is 2.28. The third kappa shape index (κ3) is 4.80. The fourth-order valence-corrected chi connectivity index (χ4v) is 3.09. The Morgan fingerprint density at radius 3 is 2.48 bits per heavy atom. The summed E-state index contributed by atoms with van der Waals surface area (Å²) in [5.74, 6) is -0.622. The van der Waals surface area contributed by atoms with Gasteiger partial charge in [-0.05, 0) is 19.8 Å². The van der Waals surface area contributed by atoms with Crippen molar-refractivity contribution in [1.82, 2.24) is 15.5 Å². The van der Waals surface area contributed by atoms with Gasteiger partial charge >= 0.3 is 12.0 Å². The molecule has 1 aliphatic heterocycles. The largest absolute Gasteiger partial charge is 0.480 e. The summed E-state index contributed by atoms with van der Waals surface area (Å²) < 4.78 is 0. The molecule has 0 aromatic heterocycles. The number of aliphatic carboxylic acids is 1. The van der Waals surface area contributed by atoms with Gasteiger partial charge in [0.2, 0.25) is 5.91 Å². The minimum Gasteiger partial charge on any atom is -0.480 e. The Labute approximate surface area is 128 Å². The first-order valence-corrected chi connectivity index (χ1v) is 7.99. The van der Waals surface area contributed by atoms with Crippen LogP contribution in [0.1, 0.15) is 27.7 Å². The van der Waals surface area contributed by atoms with E-state index < -0.39 is 24.1 Å². The van der Waals surface area contributed by atoms with Crippen LogP contribution in [-0.2, 0) is 9.59 Å². The molecule has 7 nitrogen and oxygen atoms in total. The van der Waals surface area contributed by atoms with E-state index in [1.165, 1.54) is 16.7 Å². The Balaban J connectivity index is 2.58. The summed E-state index contributed by atoms with van der Waals surface area (Å²) in [4.78, 5) is 36.4. The molecule has 3 amide bonds. The molecule has 3 atom stereocenters. The van der Waals surface area contributed by atoms with Gasteiger partial charge in [-0.25, -0.2) is 9.59 Å². The lowest BCUT2D eigenvalue weighted by molar-refractivity contribution is -0.141. The van der Waals surface area contributed by atoms with E-state index in [0.717, 1.165) is 0 Å². The molecule has 1 heterocycles. The zero-order valence-electron chi connectivity index (χ0n) is 12.8. The topological polar surface area (TPSA) is 98.7 Å². The second-order valence-electron chi connectivity index (χ2n) is 5.50. The second-order valence-corrected chi connectivity index (χ2v) is 6.85. The van der Waals surface area contributed by atoms with Crippen molar-refractivity contribution in [3.8, 4) is 0 Å². The molecule has 1 saturated heterocycles. The third-order valence-electron chi connectivity index (χ3n) is 3.16. The second kappa shape index (κ2) is 7.53. The summed E-state index contributed by atoms with van der Waals surface area (Å²) in [6.45, 7) is 7.84. The molecule has 1 rings (SSSR count). The fraction of sp³-hybridized carbons (Fsp3) is 0.769. The average Bonchev–Trinajstić information content (AvgIpc) is 2.77. The summed E-state index contributed by atoms with van der Waals surface area (Å²) >= 11 is 1.40. The number of carbonyl (C=O) groups is 3. The molecule has 21 heavy (non-hydrogen) atoms. The molecule has 0 bridgehead atoms. The maximum Gasteiger partial charge on any atom is 0.327 e. The van der Waals surface area contributed by atoms with Crippen molar-refractivity contribution in [1.29, 1.82) is 0 Å². The van der Waals surface area contributed by atoms with E-state index in [1.807, 2.05) is 13.8 Å². The van der Waals surface area contributed by atoms with Crippen molar-refractivity contribution >= 4 is 29.7 Å². The van der Waals surface area contributed by atoms with E-state index in [0.29, 0.717) is 18.2 Å². The van der Waals surface area contributed by atoms with Crippen LogP contribution in [0, 0.1) is 5.92 Å². The number of carbonyl (C=O) groups excluding carboxylic acids is 2. The van der Waals surface area contributed by atoms with E-state index in [9.17, 15) is 14.4 Å². The molecule has 0 aliphatic carbocycles. The fourth-order valence-electron chi connectivity index (χ4n) is 1.92. The van der Waals surface area contributed by atoms with Crippen LogP contribution in [-0.4, -0.2) is 57.7 Å². The van der Waals surface area contributed by atoms with Gasteiger partial charge in [-0.2, -0.15) is 0 Å². The normalized spacial score (nSPS) is 23.0. The zero-order valence-corrected chi connectivity index (χ0v) is 13.6. The van der Waals surface area contributed by atoms with Crippen LogP contribution in [0.2, 0.25) is 0 Å². The first-order chi connectivity index (χ1) is 9.73. The molecular weight excluding hydrogens is 294 g/mol. The number of thioether (sulfide) groups is 1. The number of urea groups is 1. The van der Waals surface area contributed by atoms with Gasteiger partial charge in [0.15, 0.2) is 0 Å². The Morgan fingerprint density at radius 2 is 1.95 bits per heavy atom. The molecular formula is C13H23N3O4S. The average molecular weight is 317 g/mol. The lowest BCUT2D eigenvalue weighted by Crippen LogP contribution is -2.54. The maximum absolute atomic E-state index is 12.2. The highest BCUT2D eigenvalue weighted by molar-refractivity contribution is 8.00. The number of carboxylic acid groups (broad SMARTS) is 1. The Morgan fingerprint density at radius 1 is 1.33 bits per heavy atom. The Hall–Kier alpha value is -1.44. The van der Waals surface area contributed by atoms with E-state index in [1.54, 1.807) is 13.8 Å². The van der Waals surface area contributed by atoms with E-state index in [2.05, 4.69) is 10.6 Å². The highest BCUT2D eigenvalue weighted by Gasteiger charge is 2.40. The van der Waals surface area contributed by atoms with Crippen LogP contribution in [0.3, 0.4) is 0 Å². The van der Waals surface area contributed by atoms with Gasteiger partial charge in [0, 0.05) is 12.3 Å². The summed E-state index contributed by atoms with van der Waals surface area (Å²) in [6.07, 6.45) is 0. The van der Waals surface area contributed by atoms with Crippen LogP contribution >= 0.6 is 11.8 Å². The number of nitrogens with zero attached hydrogens (tertiary/aromatic N) is 1. The molecule has 0 radical (unpaired) electrons. The lowest BCUT2D eigenvalue weighted by Gasteiger charge is -2.27. The van der Waals surface area contributed by atoms with Gasteiger partial charge in [-0.1, -0.05) is 13.8 Å². The van der Waals surface area contributed by atoms with E-state index in [4.69, 9.17) is 5.11 Å². The maximum atomic E-state index is 12.2. The van der Waals surface area contributed by atoms with Gasteiger partial charge in [-0.15, -0.1) is 11.8 Å². The summed E-state index contributed by atoms with van der Waals surface area (Å²) in [7, 11) is 0. The SMILES string of the molecule is CC(C)CNC(=O)C(C)NC(=O)N1C(C)SCC1C(=O)O. The predicted octanol–water partition coefficient (Wildman–Crippen LogP) is 0.705. The molecule has 1 aliphatic rings. The zero-order chi connectivity index (χ0) is 16.2. The van der Waals surface area contributed by atoms with E-state index >= 15 is 0 Å². The van der Waals surface area contributed by atoms with Gasteiger partial charge in [0.1, 0.15) is 12.1 Å². The molecule has 0 spiro atoms. The lowest BCUT2D eigenvalue weighted by atomic mass is 10.2. The first-order valence-electron chi connectivity index (χ1n) is 6.95. The van der Waals surface area contributed by atoms with Crippen molar-refractivity contribution in [2.45, 2.75) is 45.2 Å². The molecule has 1 fully saturated rings. The van der Waals surface area contributed by atoms with Gasteiger partial charge < -0.3 is 15.7 Å². The smallest absolute Gasteiger partial charge is 0.327 e. The molecule has 120 valence electrons. The quantitative estimate of drug-likeness (QED) is 0.693. The predicted molar refractivity (Wildman–Crippen MR) is 81.0 cm³/mol. The number of hydrogen-bond acceptors (Lipinski definition) is 4. The number of nitrogens with one attached hydrogen (secondary N) is 2. The molecule has 3 unspecified atom stereocenters. The van der Waals surface area contributed by atoms with Crippen LogP contribution < -0.4 is 10.6 Å². The molecule has 0 aromatic carbocycles. The molecule has 3 N–H and O–H groups in total. The minimum atomic E-state index is -1.03. The van der Waals surface area contributed by atoms with Crippen LogP contribution in [0.4, 0.5) is 4.79 Å². The van der Waals surface area contributed by atoms with Gasteiger partial charge in [0.05, 0.1) is 5.37 Å².